The largest absolute Gasteiger partial charge is 0.366 e. The number of nitrogens with one attached hydrogen (secondary N) is 2. The molecule has 8 heteroatoms. The van der Waals surface area contributed by atoms with Gasteiger partial charge in [0.1, 0.15) is 29.6 Å². The molecule has 0 aliphatic carbocycles. The number of nitriles is 2. The second-order valence-electron chi connectivity index (χ2n) is 5.83. The second-order valence-corrected chi connectivity index (χ2v) is 5.83. The molecule has 0 spiro atoms. The predicted octanol–water partition coefficient (Wildman–Crippen LogP) is 3.72. The molecule has 0 radical (unpaired) electrons. The van der Waals surface area contributed by atoms with Gasteiger partial charge >= 0.3 is 0 Å². The van der Waals surface area contributed by atoms with E-state index in [2.05, 4.69) is 20.6 Å². The summed E-state index contributed by atoms with van der Waals surface area (Å²) in [5.41, 5.74) is 1.40. The Morgan fingerprint density at radius 3 is 1.64 bits per heavy atom. The van der Waals surface area contributed by atoms with Crippen LogP contribution in [0, 0.1) is 34.3 Å². The summed E-state index contributed by atoms with van der Waals surface area (Å²) < 4.78 is 27.7. The summed E-state index contributed by atoms with van der Waals surface area (Å²) in [6.45, 7) is 0.271. The zero-order chi connectivity index (χ0) is 19.9. The van der Waals surface area contributed by atoms with Crippen molar-refractivity contribution in [3.63, 3.8) is 0 Å². The third-order valence-electron chi connectivity index (χ3n) is 3.94. The van der Waals surface area contributed by atoms with Crippen molar-refractivity contribution < 1.29 is 8.78 Å². The Morgan fingerprint density at radius 2 is 1.21 bits per heavy atom. The molecule has 3 rings (SSSR count). The number of anilines is 2. The lowest BCUT2D eigenvalue weighted by atomic mass is 10.1. The van der Waals surface area contributed by atoms with E-state index in [0.29, 0.717) is 33.9 Å². The van der Waals surface area contributed by atoms with Crippen molar-refractivity contribution in [1.82, 2.24) is 9.97 Å². The van der Waals surface area contributed by atoms with E-state index in [1.54, 1.807) is 6.07 Å². The van der Waals surface area contributed by atoms with Crippen LogP contribution in [0.2, 0.25) is 0 Å². The molecule has 0 fully saturated rings. The molecule has 2 aromatic carbocycles. The summed E-state index contributed by atoms with van der Waals surface area (Å²) in [6, 6.07) is 13.8. The summed E-state index contributed by atoms with van der Waals surface area (Å²) in [4.78, 5) is 8.12. The number of nitrogens with zero attached hydrogens (tertiary/aromatic N) is 4. The maximum absolute atomic E-state index is 13.8. The molecule has 0 aliphatic heterocycles. The van der Waals surface area contributed by atoms with Gasteiger partial charge in [0.25, 0.3) is 0 Å². The first kappa shape index (κ1) is 18.7. The summed E-state index contributed by atoms with van der Waals surface area (Å²) in [6.07, 6.45) is 1.31. The topological polar surface area (TPSA) is 97.4 Å². The van der Waals surface area contributed by atoms with E-state index in [1.807, 2.05) is 12.1 Å². The van der Waals surface area contributed by atoms with Gasteiger partial charge in [-0.05, 0) is 36.4 Å². The van der Waals surface area contributed by atoms with E-state index < -0.39 is 11.6 Å². The van der Waals surface area contributed by atoms with E-state index in [4.69, 9.17) is 10.5 Å². The molecule has 0 saturated heterocycles. The van der Waals surface area contributed by atoms with Crippen molar-refractivity contribution in [2.45, 2.75) is 13.1 Å². The molecule has 3 aromatic rings. The fourth-order valence-electron chi connectivity index (χ4n) is 2.48. The van der Waals surface area contributed by atoms with Crippen LogP contribution < -0.4 is 10.6 Å². The molecule has 1 aromatic heterocycles. The van der Waals surface area contributed by atoms with Crippen molar-refractivity contribution in [1.29, 1.82) is 10.5 Å². The Bertz CT molecular complexity index is 1000. The highest BCUT2D eigenvalue weighted by atomic mass is 19.1. The van der Waals surface area contributed by atoms with E-state index in [-0.39, 0.29) is 13.1 Å². The summed E-state index contributed by atoms with van der Waals surface area (Å²) in [7, 11) is 0. The van der Waals surface area contributed by atoms with Crippen LogP contribution >= 0.6 is 0 Å². The highest BCUT2D eigenvalue weighted by molar-refractivity contribution is 5.48. The van der Waals surface area contributed by atoms with Gasteiger partial charge in [-0.25, -0.2) is 18.7 Å². The van der Waals surface area contributed by atoms with Crippen molar-refractivity contribution in [2.75, 3.05) is 10.6 Å². The normalized spacial score (nSPS) is 10.0. The molecule has 0 bridgehead atoms. The number of hydrogen-bond acceptors (Lipinski definition) is 6. The number of hydrogen-bond donors (Lipinski definition) is 2. The van der Waals surface area contributed by atoms with Crippen LogP contribution in [0.3, 0.4) is 0 Å². The smallest absolute Gasteiger partial charge is 0.131 e. The average Bonchev–Trinajstić information content (AvgIpc) is 2.73. The molecule has 0 saturated carbocycles. The maximum Gasteiger partial charge on any atom is 0.131 e. The van der Waals surface area contributed by atoms with Crippen LogP contribution in [0.1, 0.15) is 22.3 Å². The van der Waals surface area contributed by atoms with Crippen LogP contribution in [0.15, 0.2) is 48.8 Å². The van der Waals surface area contributed by atoms with Gasteiger partial charge in [0.15, 0.2) is 0 Å². The lowest BCUT2D eigenvalue weighted by molar-refractivity contribution is 0.612. The molecule has 2 N–H and O–H groups in total. The average molecular weight is 376 g/mol. The van der Waals surface area contributed by atoms with Gasteiger partial charge in [-0.3, -0.25) is 0 Å². The molecular weight excluding hydrogens is 362 g/mol. The minimum absolute atomic E-state index is 0.136. The quantitative estimate of drug-likeness (QED) is 0.680. The second kappa shape index (κ2) is 8.56. The van der Waals surface area contributed by atoms with Crippen molar-refractivity contribution in [2.24, 2.45) is 0 Å². The van der Waals surface area contributed by atoms with Crippen molar-refractivity contribution in [3.05, 3.63) is 82.7 Å². The number of rotatable bonds is 6. The third-order valence-corrected chi connectivity index (χ3v) is 3.94. The predicted molar refractivity (Wildman–Crippen MR) is 98.9 cm³/mol. The highest BCUT2D eigenvalue weighted by Crippen LogP contribution is 2.16. The molecule has 0 unspecified atom stereocenters. The zero-order valence-corrected chi connectivity index (χ0v) is 14.6. The monoisotopic (exact) mass is 376 g/mol. The van der Waals surface area contributed by atoms with Gasteiger partial charge in [0, 0.05) is 30.3 Å². The van der Waals surface area contributed by atoms with Gasteiger partial charge in [0.05, 0.1) is 23.3 Å². The zero-order valence-electron chi connectivity index (χ0n) is 14.6. The number of halogens is 2. The summed E-state index contributed by atoms with van der Waals surface area (Å²) in [5.74, 6) is 0.0227. The van der Waals surface area contributed by atoms with Crippen LogP contribution in [-0.2, 0) is 13.1 Å². The summed E-state index contributed by atoms with van der Waals surface area (Å²) >= 11 is 0. The van der Waals surface area contributed by atoms with E-state index in [1.165, 1.54) is 42.7 Å². The van der Waals surface area contributed by atoms with Gasteiger partial charge in [-0.2, -0.15) is 10.5 Å². The molecule has 0 atom stereocenters. The summed E-state index contributed by atoms with van der Waals surface area (Å²) in [5, 5.41) is 23.8. The fraction of sp³-hybridized carbons (Fsp3) is 0.100. The Kier molecular flexibility index (Phi) is 5.73. The number of benzene rings is 2. The minimum atomic E-state index is -0.424. The first-order valence-corrected chi connectivity index (χ1v) is 8.26. The third kappa shape index (κ3) is 4.57. The molecule has 1 heterocycles. The van der Waals surface area contributed by atoms with Gasteiger partial charge in [-0.15, -0.1) is 0 Å². The maximum atomic E-state index is 13.8. The van der Waals surface area contributed by atoms with Crippen LogP contribution in [0.5, 0.6) is 0 Å². The molecule has 138 valence electrons. The Labute approximate surface area is 160 Å². The highest BCUT2D eigenvalue weighted by Gasteiger charge is 2.07. The number of aromatic nitrogens is 2. The van der Waals surface area contributed by atoms with Crippen LogP contribution in [-0.4, -0.2) is 9.97 Å². The first-order valence-electron chi connectivity index (χ1n) is 8.26. The molecular formula is C20H14F2N6. The van der Waals surface area contributed by atoms with E-state index >= 15 is 0 Å². The van der Waals surface area contributed by atoms with Gasteiger partial charge in [0.2, 0.25) is 0 Å². The Balaban J connectivity index is 1.66. The molecule has 6 nitrogen and oxygen atoms in total. The lowest BCUT2D eigenvalue weighted by Crippen LogP contribution is -2.07. The molecule has 0 aliphatic rings. The van der Waals surface area contributed by atoms with Crippen LogP contribution in [0.4, 0.5) is 20.4 Å². The SMILES string of the molecule is N#Cc1ccc(F)c(CNc2cc(NCc3cc(C#N)ccc3F)ncn2)c1. The standard InChI is InChI=1S/C20H14F2N6/c21-17-3-1-13(8-23)5-15(17)10-25-19-7-20(28-12-27-19)26-11-16-6-14(9-24)2-4-18(16)22/h1-7,12H,10-11H2,(H2,25,26,27,28). The molecule has 0 amide bonds. The molecule has 28 heavy (non-hydrogen) atoms. The fourth-order valence-corrected chi connectivity index (χ4v) is 2.48. The van der Waals surface area contributed by atoms with Gasteiger partial charge in [-0.1, -0.05) is 0 Å². The van der Waals surface area contributed by atoms with E-state index in [0.717, 1.165) is 0 Å². The minimum Gasteiger partial charge on any atom is -0.366 e. The van der Waals surface area contributed by atoms with Crippen molar-refractivity contribution >= 4 is 11.6 Å². The van der Waals surface area contributed by atoms with E-state index in [9.17, 15) is 8.78 Å². The van der Waals surface area contributed by atoms with Crippen LogP contribution in [0.25, 0.3) is 0 Å². The van der Waals surface area contributed by atoms with Gasteiger partial charge < -0.3 is 10.6 Å². The lowest BCUT2D eigenvalue weighted by Gasteiger charge is -2.10. The first-order chi connectivity index (χ1) is 13.6. The Morgan fingerprint density at radius 1 is 0.750 bits per heavy atom. The van der Waals surface area contributed by atoms with Crippen molar-refractivity contribution in [3.8, 4) is 12.1 Å². The Hall–Kier alpha value is -4.04.